The minimum atomic E-state index is -2.89. The topological polar surface area (TPSA) is 150 Å². The Kier molecular flexibility index (Phi) is 7.46. The van der Waals surface area contributed by atoms with Gasteiger partial charge in [0.2, 0.25) is 0 Å². The zero-order chi connectivity index (χ0) is 23.6. The molecule has 2 aromatic heterocycles. The number of alkyl halides is 1. The number of carbonyl (C=O) groups excluding carboxylic acids is 1. The SMILES string of the molecule is CNc1ncnc2c1ncn2[C@@H]1O[C@H](CO[PH](=O)N[C@@H](C)C(=O)OC(C)C)[C@@H](O)[C@@]1(C)F. The summed E-state index contributed by atoms with van der Waals surface area (Å²) in [5.41, 5.74) is -1.48. The molecule has 0 saturated carbocycles. The number of aromatic nitrogens is 4. The number of hydrogen-bond donors (Lipinski definition) is 3. The van der Waals surface area contributed by atoms with Gasteiger partial charge in [-0.1, -0.05) is 0 Å². The second-order valence-corrected chi connectivity index (χ2v) is 9.02. The molecule has 1 unspecified atom stereocenters. The maximum Gasteiger partial charge on any atom is 0.323 e. The largest absolute Gasteiger partial charge is 0.462 e. The molecule has 178 valence electrons. The first-order valence-corrected chi connectivity index (χ1v) is 11.4. The maximum atomic E-state index is 15.5. The summed E-state index contributed by atoms with van der Waals surface area (Å²) < 4.78 is 45.0. The molecule has 1 aliphatic rings. The fourth-order valence-electron chi connectivity index (χ4n) is 3.33. The Bertz CT molecular complexity index is 988. The van der Waals surface area contributed by atoms with Gasteiger partial charge in [-0.25, -0.2) is 24.4 Å². The van der Waals surface area contributed by atoms with Gasteiger partial charge in [-0.15, -0.1) is 0 Å². The van der Waals surface area contributed by atoms with Crippen LogP contribution in [-0.4, -0.2) is 74.3 Å². The Balaban J connectivity index is 1.67. The van der Waals surface area contributed by atoms with Crippen LogP contribution in [0.15, 0.2) is 12.7 Å². The third kappa shape index (κ3) is 4.91. The van der Waals surface area contributed by atoms with Crippen molar-refractivity contribution in [2.24, 2.45) is 0 Å². The summed E-state index contributed by atoms with van der Waals surface area (Å²) in [5, 5.41) is 15.9. The number of ether oxygens (including phenoxy) is 2. The summed E-state index contributed by atoms with van der Waals surface area (Å²) in [7, 11) is -1.22. The first-order chi connectivity index (χ1) is 15.1. The number of rotatable bonds is 9. The molecule has 2 aromatic rings. The minimum absolute atomic E-state index is 0.315. The second-order valence-electron chi connectivity index (χ2n) is 7.87. The third-order valence-electron chi connectivity index (χ3n) is 4.98. The number of nitrogens with one attached hydrogen (secondary N) is 2. The summed E-state index contributed by atoms with van der Waals surface area (Å²) in [6.07, 6.45) is -1.61. The molecule has 3 rings (SSSR count). The number of carbonyl (C=O) groups is 1. The van der Waals surface area contributed by atoms with Crippen LogP contribution in [0.2, 0.25) is 0 Å². The summed E-state index contributed by atoms with van der Waals surface area (Å²) in [6, 6.07) is -0.865. The van der Waals surface area contributed by atoms with Crippen LogP contribution in [0, 0.1) is 0 Å². The van der Waals surface area contributed by atoms with Gasteiger partial charge in [-0.05, 0) is 27.7 Å². The molecule has 1 fully saturated rings. The number of aliphatic hydroxyl groups is 1. The number of aliphatic hydroxyl groups excluding tert-OH is 1. The van der Waals surface area contributed by atoms with Crippen LogP contribution in [0.1, 0.15) is 33.9 Å². The van der Waals surface area contributed by atoms with Gasteiger partial charge in [-0.2, -0.15) is 0 Å². The van der Waals surface area contributed by atoms with Crippen LogP contribution in [0.25, 0.3) is 11.2 Å². The van der Waals surface area contributed by atoms with E-state index in [-0.39, 0.29) is 12.7 Å². The fourth-order valence-corrected chi connectivity index (χ4v) is 4.20. The van der Waals surface area contributed by atoms with Gasteiger partial charge in [-0.3, -0.25) is 13.9 Å². The van der Waals surface area contributed by atoms with Crippen LogP contribution in [0.4, 0.5) is 10.2 Å². The highest BCUT2D eigenvalue weighted by Crippen LogP contribution is 2.43. The van der Waals surface area contributed by atoms with Gasteiger partial charge >= 0.3 is 5.97 Å². The van der Waals surface area contributed by atoms with E-state index in [1.807, 2.05) is 0 Å². The van der Waals surface area contributed by atoms with Crippen LogP contribution in [-0.2, 0) is 23.4 Å². The fraction of sp³-hybridized carbons (Fsp3) is 0.667. The average molecular weight is 474 g/mol. The number of halogens is 1. The van der Waals surface area contributed by atoms with Crippen LogP contribution in [0.5, 0.6) is 0 Å². The number of anilines is 1. The van der Waals surface area contributed by atoms with E-state index in [2.05, 4.69) is 25.4 Å². The lowest BCUT2D eigenvalue weighted by Crippen LogP contribution is -2.40. The number of imidazole rings is 1. The lowest BCUT2D eigenvalue weighted by atomic mass is 9.98. The van der Waals surface area contributed by atoms with Crippen molar-refractivity contribution < 1.29 is 32.9 Å². The van der Waals surface area contributed by atoms with Crippen LogP contribution in [0.3, 0.4) is 0 Å². The molecule has 0 aromatic carbocycles. The molecule has 0 radical (unpaired) electrons. The number of esters is 1. The van der Waals surface area contributed by atoms with E-state index in [4.69, 9.17) is 14.0 Å². The Morgan fingerprint density at radius 1 is 1.41 bits per heavy atom. The standard InChI is InChI=1S/C18H28FN6O6P/c1-9(2)30-16(27)10(3)24-32(28)29-6-11-13(26)18(4,19)17(31-11)25-8-23-12-14(20-5)21-7-22-15(12)25/h7-11,13,17,26,32H,6H2,1-5H3,(H,24,28)(H,20,21,22)/t10-,11+,13+,17+,18+/m0/s1. The highest BCUT2D eigenvalue weighted by Gasteiger charge is 2.55. The van der Waals surface area contributed by atoms with E-state index in [1.54, 1.807) is 20.9 Å². The van der Waals surface area contributed by atoms with Crippen molar-refractivity contribution in [3.05, 3.63) is 12.7 Å². The van der Waals surface area contributed by atoms with Crippen molar-refractivity contribution in [1.29, 1.82) is 0 Å². The van der Waals surface area contributed by atoms with Crippen molar-refractivity contribution >= 4 is 31.1 Å². The van der Waals surface area contributed by atoms with Gasteiger partial charge < -0.3 is 24.4 Å². The maximum absolute atomic E-state index is 15.5. The van der Waals surface area contributed by atoms with Gasteiger partial charge in [0.15, 0.2) is 23.4 Å². The van der Waals surface area contributed by atoms with Crippen molar-refractivity contribution in [1.82, 2.24) is 24.6 Å². The Hall–Kier alpha value is -2.18. The van der Waals surface area contributed by atoms with E-state index in [1.165, 1.54) is 31.1 Å². The Morgan fingerprint density at radius 2 is 2.12 bits per heavy atom. The normalized spacial score (nSPS) is 27.6. The van der Waals surface area contributed by atoms with Gasteiger partial charge in [0.05, 0.1) is 19.0 Å². The van der Waals surface area contributed by atoms with E-state index in [0.717, 1.165) is 0 Å². The zero-order valence-electron chi connectivity index (χ0n) is 18.4. The smallest absolute Gasteiger partial charge is 0.323 e. The lowest BCUT2D eigenvalue weighted by molar-refractivity contribution is -0.149. The molecule has 1 saturated heterocycles. The molecule has 32 heavy (non-hydrogen) atoms. The van der Waals surface area contributed by atoms with Crippen molar-refractivity contribution in [3.63, 3.8) is 0 Å². The summed E-state index contributed by atoms with van der Waals surface area (Å²) >= 11 is 0. The molecule has 14 heteroatoms. The minimum Gasteiger partial charge on any atom is -0.462 e. The predicted octanol–water partition coefficient (Wildman–Crippen LogP) is 1.19. The van der Waals surface area contributed by atoms with Crippen molar-refractivity contribution in [2.75, 3.05) is 19.0 Å². The summed E-state index contributed by atoms with van der Waals surface area (Å²) in [4.78, 5) is 24.2. The number of hydrogen-bond acceptors (Lipinski definition) is 10. The Morgan fingerprint density at radius 3 is 2.78 bits per heavy atom. The Labute approximate surface area is 184 Å². The van der Waals surface area contributed by atoms with Crippen molar-refractivity contribution in [2.45, 2.75) is 63.9 Å². The van der Waals surface area contributed by atoms with Crippen LogP contribution < -0.4 is 10.4 Å². The quantitative estimate of drug-likeness (QED) is 0.355. The summed E-state index contributed by atoms with van der Waals surface area (Å²) in [6.45, 7) is 5.71. The molecular formula is C18H28FN6O6P. The van der Waals surface area contributed by atoms with Gasteiger partial charge in [0, 0.05) is 7.05 Å². The molecule has 0 aliphatic carbocycles. The monoisotopic (exact) mass is 474 g/mol. The molecular weight excluding hydrogens is 446 g/mol. The third-order valence-corrected chi connectivity index (χ3v) is 6.08. The summed E-state index contributed by atoms with van der Waals surface area (Å²) in [5.74, 6) is -0.118. The zero-order valence-corrected chi connectivity index (χ0v) is 19.4. The van der Waals surface area contributed by atoms with Gasteiger partial charge in [0.25, 0.3) is 8.18 Å². The predicted molar refractivity (Wildman–Crippen MR) is 113 cm³/mol. The average Bonchev–Trinajstić information content (AvgIpc) is 3.25. The van der Waals surface area contributed by atoms with Crippen LogP contribution >= 0.6 is 8.18 Å². The molecule has 0 spiro atoms. The highest BCUT2D eigenvalue weighted by molar-refractivity contribution is 7.36. The van der Waals surface area contributed by atoms with Gasteiger partial charge in [0.1, 0.15) is 30.1 Å². The highest BCUT2D eigenvalue weighted by atomic mass is 31.1. The van der Waals surface area contributed by atoms with E-state index in [0.29, 0.717) is 17.0 Å². The van der Waals surface area contributed by atoms with E-state index < -0.39 is 44.3 Å². The molecule has 12 nitrogen and oxygen atoms in total. The molecule has 3 N–H and O–H groups in total. The number of fused-ring (bicyclic) bond motifs is 1. The van der Waals surface area contributed by atoms with E-state index >= 15 is 4.39 Å². The molecule has 0 bridgehead atoms. The van der Waals surface area contributed by atoms with E-state index in [9.17, 15) is 14.5 Å². The second kappa shape index (κ2) is 9.75. The molecule has 1 aliphatic heterocycles. The molecule has 6 atom stereocenters. The first-order valence-electron chi connectivity index (χ1n) is 10.1. The van der Waals surface area contributed by atoms with Crippen molar-refractivity contribution in [3.8, 4) is 0 Å². The lowest BCUT2D eigenvalue weighted by Gasteiger charge is -2.24. The first kappa shape index (κ1) is 24.5. The number of nitrogens with zero attached hydrogens (tertiary/aromatic N) is 4. The molecule has 0 amide bonds. The molecule has 3 heterocycles.